The van der Waals surface area contributed by atoms with Gasteiger partial charge in [0.2, 0.25) is 0 Å². The molecule has 0 spiro atoms. The van der Waals surface area contributed by atoms with Crippen molar-refractivity contribution >= 4 is 11.6 Å². The Morgan fingerprint density at radius 1 is 1.26 bits per heavy atom. The molecule has 1 amide bonds. The standard InChI is InChI=1S/C15H24N2O2/c1-12-11-13(16-9-5-4-6-10-18)7-8-14(12)15(19)17(2)3/h7-8,11,16,18H,4-6,9-10H2,1-3H3. The molecule has 0 fully saturated rings. The van der Waals surface area contributed by atoms with E-state index in [1.165, 1.54) is 0 Å². The van der Waals surface area contributed by atoms with Gasteiger partial charge in [-0.05, 0) is 49.9 Å². The molecule has 0 saturated carbocycles. The fraction of sp³-hybridized carbons (Fsp3) is 0.533. The molecule has 0 aliphatic carbocycles. The van der Waals surface area contributed by atoms with Crippen molar-refractivity contribution in [2.24, 2.45) is 0 Å². The first kappa shape index (κ1) is 15.5. The van der Waals surface area contributed by atoms with Crippen molar-refractivity contribution in [3.63, 3.8) is 0 Å². The Labute approximate surface area is 115 Å². The van der Waals surface area contributed by atoms with Crippen LogP contribution in [0.25, 0.3) is 0 Å². The molecule has 0 heterocycles. The van der Waals surface area contributed by atoms with Crippen molar-refractivity contribution < 1.29 is 9.90 Å². The first-order chi connectivity index (χ1) is 9.06. The van der Waals surface area contributed by atoms with Gasteiger partial charge in [0.1, 0.15) is 0 Å². The number of carbonyl (C=O) groups excluding carboxylic acids is 1. The molecule has 0 bridgehead atoms. The number of hydrogen-bond acceptors (Lipinski definition) is 3. The van der Waals surface area contributed by atoms with Crippen LogP contribution in [-0.2, 0) is 0 Å². The molecule has 0 aromatic heterocycles. The van der Waals surface area contributed by atoms with Gasteiger partial charge in [0.25, 0.3) is 5.91 Å². The molecule has 106 valence electrons. The van der Waals surface area contributed by atoms with Crippen LogP contribution in [0.2, 0.25) is 0 Å². The molecular formula is C15H24N2O2. The number of amides is 1. The minimum atomic E-state index is 0.0343. The maximum absolute atomic E-state index is 11.9. The normalized spacial score (nSPS) is 10.3. The summed E-state index contributed by atoms with van der Waals surface area (Å²) in [6.45, 7) is 3.11. The van der Waals surface area contributed by atoms with Crippen LogP contribution in [0.4, 0.5) is 5.69 Å². The average molecular weight is 264 g/mol. The van der Waals surface area contributed by atoms with E-state index in [0.717, 1.165) is 42.6 Å². The van der Waals surface area contributed by atoms with Crippen molar-refractivity contribution in [1.29, 1.82) is 0 Å². The number of aliphatic hydroxyl groups is 1. The lowest BCUT2D eigenvalue weighted by Gasteiger charge is -2.14. The molecule has 1 aromatic carbocycles. The average Bonchev–Trinajstić information content (AvgIpc) is 2.38. The third kappa shape index (κ3) is 4.91. The van der Waals surface area contributed by atoms with Gasteiger partial charge in [-0.2, -0.15) is 0 Å². The van der Waals surface area contributed by atoms with Crippen LogP contribution in [0.15, 0.2) is 18.2 Å². The fourth-order valence-electron chi connectivity index (χ4n) is 1.90. The second-order valence-corrected chi connectivity index (χ2v) is 4.94. The van der Waals surface area contributed by atoms with Crippen molar-refractivity contribution in [3.8, 4) is 0 Å². The summed E-state index contributed by atoms with van der Waals surface area (Å²) in [4.78, 5) is 13.5. The van der Waals surface area contributed by atoms with Crippen LogP contribution in [0, 0.1) is 6.92 Å². The minimum absolute atomic E-state index is 0.0343. The summed E-state index contributed by atoms with van der Waals surface area (Å²) in [7, 11) is 3.52. The van der Waals surface area contributed by atoms with Gasteiger partial charge in [-0.25, -0.2) is 0 Å². The largest absolute Gasteiger partial charge is 0.396 e. The molecule has 2 N–H and O–H groups in total. The Hall–Kier alpha value is -1.55. The fourth-order valence-corrected chi connectivity index (χ4v) is 1.90. The highest BCUT2D eigenvalue weighted by atomic mass is 16.2. The molecule has 19 heavy (non-hydrogen) atoms. The monoisotopic (exact) mass is 264 g/mol. The molecular weight excluding hydrogens is 240 g/mol. The lowest BCUT2D eigenvalue weighted by Crippen LogP contribution is -2.22. The van der Waals surface area contributed by atoms with Crippen LogP contribution in [0.3, 0.4) is 0 Å². The van der Waals surface area contributed by atoms with Gasteiger partial charge in [0.05, 0.1) is 0 Å². The lowest BCUT2D eigenvalue weighted by atomic mass is 10.1. The summed E-state index contributed by atoms with van der Waals surface area (Å²) in [6.07, 6.45) is 2.93. The summed E-state index contributed by atoms with van der Waals surface area (Å²) < 4.78 is 0. The van der Waals surface area contributed by atoms with E-state index in [1.54, 1.807) is 19.0 Å². The Morgan fingerprint density at radius 2 is 2.00 bits per heavy atom. The first-order valence-electron chi connectivity index (χ1n) is 6.73. The molecule has 0 aliphatic rings. The van der Waals surface area contributed by atoms with Crippen LogP contribution < -0.4 is 5.32 Å². The van der Waals surface area contributed by atoms with E-state index < -0.39 is 0 Å². The topological polar surface area (TPSA) is 52.6 Å². The third-order valence-electron chi connectivity index (χ3n) is 3.03. The number of anilines is 1. The highest BCUT2D eigenvalue weighted by Gasteiger charge is 2.10. The zero-order valence-corrected chi connectivity index (χ0v) is 12.1. The number of rotatable bonds is 7. The van der Waals surface area contributed by atoms with Gasteiger partial charge >= 0.3 is 0 Å². The molecule has 0 unspecified atom stereocenters. The molecule has 0 saturated heterocycles. The number of aliphatic hydroxyl groups excluding tert-OH is 1. The van der Waals surface area contributed by atoms with Gasteiger partial charge in [-0.15, -0.1) is 0 Å². The molecule has 4 heteroatoms. The Balaban J connectivity index is 2.54. The predicted molar refractivity (Wildman–Crippen MR) is 78.6 cm³/mol. The summed E-state index contributed by atoms with van der Waals surface area (Å²) in [5, 5.41) is 12.0. The van der Waals surface area contributed by atoms with Gasteiger partial charge in [0, 0.05) is 38.5 Å². The van der Waals surface area contributed by atoms with Crippen LogP contribution in [0.1, 0.15) is 35.2 Å². The quantitative estimate of drug-likeness (QED) is 0.743. The van der Waals surface area contributed by atoms with Crippen LogP contribution in [0.5, 0.6) is 0 Å². The number of carbonyl (C=O) groups is 1. The van der Waals surface area contributed by atoms with Gasteiger partial charge < -0.3 is 15.3 Å². The minimum Gasteiger partial charge on any atom is -0.396 e. The highest BCUT2D eigenvalue weighted by molar-refractivity contribution is 5.95. The number of aryl methyl sites for hydroxylation is 1. The number of nitrogens with zero attached hydrogens (tertiary/aromatic N) is 1. The zero-order chi connectivity index (χ0) is 14.3. The van der Waals surface area contributed by atoms with Gasteiger partial charge in [-0.1, -0.05) is 0 Å². The molecule has 0 radical (unpaired) electrons. The molecule has 0 aliphatic heterocycles. The van der Waals surface area contributed by atoms with E-state index in [4.69, 9.17) is 5.11 Å². The summed E-state index contributed by atoms with van der Waals surface area (Å²) in [5.41, 5.74) is 2.77. The van der Waals surface area contributed by atoms with E-state index in [1.807, 2.05) is 25.1 Å². The second kappa shape index (κ2) is 7.79. The van der Waals surface area contributed by atoms with Crippen molar-refractivity contribution in [2.75, 3.05) is 32.6 Å². The summed E-state index contributed by atoms with van der Waals surface area (Å²) in [6, 6.07) is 5.81. The second-order valence-electron chi connectivity index (χ2n) is 4.94. The van der Waals surface area contributed by atoms with E-state index in [2.05, 4.69) is 5.32 Å². The Morgan fingerprint density at radius 3 is 2.58 bits per heavy atom. The third-order valence-corrected chi connectivity index (χ3v) is 3.03. The number of unbranched alkanes of at least 4 members (excludes halogenated alkanes) is 2. The number of hydrogen-bond donors (Lipinski definition) is 2. The molecule has 1 aromatic rings. The van der Waals surface area contributed by atoms with Gasteiger partial charge in [0.15, 0.2) is 0 Å². The zero-order valence-electron chi connectivity index (χ0n) is 12.1. The van der Waals surface area contributed by atoms with Crippen molar-refractivity contribution in [3.05, 3.63) is 29.3 Å². The first-order valence-corrected chi connectivity index (χ1v) is 6.73. The van der Waals surface area contributed by atoms with Crippen LogP contribution in [-0.4, -0.2) is 43.2 Å². The SMILES string of the molecule is Cc1cc(NCCCCCO)ccc1C(=O)N(C)C. The number of benzene rings is 1. The van der Waals surface area contributed by atoms with Crippen molar-refractivity contribution in [1.82, 2.24) is 4.90 Å². The molecule has 0 atom stereocenters. The number of nitrogens with one attached hydrogen (secondary N) is 1. The van der Waals surface area contributed by atoms with E-state index in [0.29, 0.717) is 0 Å². The Bertz CT molecular complexity index is 417. The van der Waals surface area contributed by atoms with Gasteiger partial charge in [-0.3, -0.25) is 4.79 Å². The van der Waals surface area contributed by atoms with E-state index >= 15 is 0 Å². The summed E-state index contributed by atoms with van der Waals surface area (Å²) >= 11 is 0. The summed E-state index contributed by atoms with van der Waals surface area (Å²) in [5.74, 6) is 0.0343. The molecule has 4 nitrogen and oxygen atoms in total. The van der Waals surface area contributed by atoms with Crippen LogP contribution >= 0.6 is 0 Å². The maximum Gasteiger partial charge on any atom is 0.253 e. The Kier molecular flexibility index (Phi) is 6.36. The lowest BCUT2D eigenvalue weighted by molar-refractivity contribution is 0.0827. The van der Waals surface area contributed by atoms with E-state index in [9.17, 15) is 4.79 Å². The van der Waals surface area contributed by atoms with E-state index in [-0.39, 0.29) is 12.5 Å². The maximum atomic E-state index is 11.9. The predicted octanol–water partition coefficient (Wildman–Crippen LogP) is 2.27. The molecule has 1 rings (SSSR count). The highest BCUT2D eigenvalue weighted by Crippen LogP contribution is 2.16. The van der Waals surface area contributed by atoms with Crippen molar-refractivity contribution in [2.45, 2.75) is 26.2 Å². The smallest absolute Gasteiger partial charge is 0.253 e.